The van der Waals surface area contributed by atoms with E-state index in [9.17, 15) is 18.0 Å². The first-order valence-corrected chi connectivity index (χ1v) is 3.70. The van der Waals surface area contributed by atoms with Gasteiger partial charge in [-0.05, 0) is 0 Å². The van der Waals surface area contributed by atoms with Gasteiger partial charge in [0, 0.05) is 12.3 Å². The first-order valence-electron chi connectivity index (χ1n) is 3.70. The Hall–Kier alpha value is -1.79. The molecule has 1 aromatic rings. The highest BCUT2D eigenvalue weighted by Gasteiger charge is 2.36. The Morgan fingerprint density at radius 1 is 1.53 bits per heavy atom. The maximum Gasteiger partial charge on any atom is 0.418 e. The number of carboxylic acid groups (broad SMARTS) is 1. The summed E-state index contributed by atoms with van der Waals surface area (Å²) in [5.41, 5.74) is -2.18. The van der Waals surface area contributed by atoms with E-state index in [0.29, 0.717) is 6.20 Å². The molecule has 1 heterocycles. The van der Waals surface area contributed by atoms with E-state index in [0.717, 1.165) is 6.07 Å². The van der Waals surface area contributed by atoms with Gasteiger partial charge in [-0.15, -0.1) is 0 Å². The van der Waals surface area contributed by atoms with Gasteiger partial charge in [-0.3, -0.25) is 0 Å². The molecule has 0 spiro atoms. The topological polar surface area (TPSA) is 59.4 Å². The summed E-state index contributed by atoms with van der Waals surface area (Å²) in [7, 11) is 1.18. The highest BCUT2D eigenvalue weighted by Crippen LogP contribution is 2.32. The molecular weight excluding hydrogens is 215 g/mol. The summed E-state index contributed by atoms with van der Waals surface area (Å²) >= 11 is 0. The van der Waals surface area contributed by atoms with E-state index in [1.807, 2.05) is 0 Å². The Morgan fingerprint density at radius 3 is 2.53 bits per heavy atom. The van der Waals surface area contributed by atoms with Crippen LogP contribution in [0.25, 0.3) is 0 Å². The maximum absolute atomic E-state index is 12.3. The molecule has 4 nitrogen and oxygen atoms in total. The number of ether oxygens (including phenoxy) is 1. The van der Waals surface area contributed by atoms with Crippen LogP contribution >= 0.6 is 0 Å². The Labute approximate surface area is 82.3 Å². The molecule has 0 saturated heterocycles. The zero-order valence-corrected chi connectivity index (χ0v) is 7.50. The van der Waals surface area contributed by atoms with Crippen molar-refractivity contribution in [3.8, 4) is 5.88 Å². The van der Waals surface area contributed by atoms with Gasteiger partial charge >= 0.3 is 12.1 Å². The third kappa shape index (κ3) is 2.36. The minimum Gasteiger partial charge on any atom is -0.481 e. The van der Waals surface area contributed by atoms with E-state index < -0.39 is 23.3 Å². The molecule has 0 atom stereocenters. The predicted octanol–water partition coefficient (Wildman–Crippen LogP) is 1.81. The van der Waals surface area contributed by atoms with Crippen molar-refractivity contribution in [1.29, 1.82) is 0 Å². The predicted molar refractivity (Wildman–Crippen MR) is 42.8 cm³/mol. The number of aromatic carboxylic acids is 1. The maximum atomic E-state index is 12.3. The van der Waals surface area contributed by atoms with E-state index in [1.54, 1.807) is 0 Å². The van der Waals surface area contributed by atoms with Crippen LogP contribution in [0, 0.1) is 0 Å². The Morgan fingerprint density at radius 2 is 2.13 bits per heavy atom. The molecule has 0 aliphatic heterocycles. The quantitative estimate of drug-likeness (QED) is 0.827. The molecule has 0 fully saturated rings. The Balaban J connectivity index is 3.34. The normalized spacial score (nSPS) is 11.2. The second-order valence-electron chi connectivity index (χ2n) is 2.58. The zero-order valence-electron chi connectivity index (χ0n) is 7.50. The van der Waals surface area contributed by atoms with Gasteiger partial charge in [-0.1, -0.05) is 0 Å². The number of methoxy groups -OCH3 is 1. The molecule has 0 radical (unpaired) electrons. The molecule has 0 amide bonds. The van der Waals surface area contributed by atoms with Crippen molar-refractivity contribution in [1.82, 2.24) is 4.98 Å². The van der Waals surface area contributed by atoms with Gasteiger partial charge in [0.15, 0.2) is 0 Å². The van der Waals surface area contributed by atoms with Crippen LogP contribution in [0.1, 0.15) is 15.9 Å². The summed E-state index contributed by atoms with van der Waals surface area (Å²) in [4.78, 5) is 13.9. The molecule has 1 rings (SSSR count). The standard InChI is InChI=1S/C8H6F3NO3/c1-15-6-2-4(7(13)14)5(3-12-6)8(9,10)11/h2-3H,1H3,(H,13,14). The third-order valence-corrected chi connectivity index (χ3v) is 1.62. The van der Waals surface area contributed by atoms with Gasteiger partial charge < -0.3 is 9.84 Å². The average Bonchev–Trinajstić information content (AvgIpc) is 2.15. The van der Waals surface area contributed by atoms with Crippen LogP contribution in [0.2, 0.25) is 0 Å². The lowest BCUT2D eigenvalue weighted by atomic mass is 10.1. The largest absolute Gasteiger partial charge is 0.481 e. The Kier molecular flexibility index (Phi) is 2.83. The fourth-order valence-corrected chi connectivity index (χ4v) is 0.951. The van der Waals surface area contributed by atoms with Crippen molar-refractivity contribution < 1.29 is 27.8 Å². The second kappa shape index (κ2) is 3.76. The number of hydrogen-bond acceptors (Lipinski definition) is 3. The monoisotopic (exact) mass is 221 g/mol. The van der Waals surface area contributed by atoms with Gasteiger partial charge in [-0.2, -0.15) is 13.2 Å². The molecule has 15 heavy (non-hydrogen) atoms. The summed E-state index contributed by atoms with van der Waals surface area (Å²) in [6.07, 6.45) is -4.31. The number of alkyl halides is 3. The van der Waals surface area contributed by atoms with E-state index in [2.05, 4.69) is 9.72 Å². The summed E-state index contributed by atoms with van der Waals surface area (Å²) in [5, 5.41) is 8.57. The number of carbonyl (C=O) groups is 1. The zero-order chi connectivity index (χ0) is 11.6. The molecule has 0 aromatic carbocycles. The van der Waals surface area contributed by atoms with Crippen molar-refractivity contribution >= 4 is 5.97 Å². The molecule has 1 N–H and O–H groups in total. The van der Waals surface area contributed by atoms with Gasteiger partial charge in [0.25, 0.3) is 0 Å². The summed E-state index contributed by atoms with van der Waals surface area (Å²) in [6, 6.07) is 0.727. The second-order valence-corrected chi connectivity index (χ2v) is 2.58. The van der Waals surface area contributed by atoms with Crippen molar-refractivity contribution in [2.75, 3.05) is 7.11 Å². The third-order valence-electron chi connectivity index (χ3n) is 1.62. The number of halogens is 3. The minimum absolute atomic E-state index is 0.180. The minimum atomic E-state index is -4.74. The van der Waals surface area contributed by atoms with Crippen molar-refractivity contribution in [2.24, 2.45) is 0 Å². The molecule has 0 bridgehead atoms. The van der Waals surface area contributed by atoms with E-state index in [-0.39, 0.29) is 5.88 Å². The highest BCUT2D eigenvalue weighted by molar-refractivity contribution is 5.89. The lowest BCUT2D eigenvalue weighted by Crippen LogP contribution is -2.13. The van der Waals surface area contributed by atoms with Crippen LogP contribution in [0.4, 0.5) is 13.2 Å². The van der Waals surface area contributed by atoms with Gasteiger partial charge in [0.1, 0.15) is 0 Å². The molecule has 0 unspecified atom stereocenters. The van der Waals surface area contributed by atoms with E-state index >= 15 is 0 Å². The number of rotatable bonds is 2. The molecule has 0 saturated carbocycles. The molecule has 7 heteroatoms. The van der Waals surface area contributed by atoms with E-state index in [4.69, 9.17) is 5.11 Å². The van der Waals surface area contributed by atoms with Crippen LogP contribution < -0.4 is 4.74 Å². The molecule has 1 aromatic heterocycles. The Bertz CT molecular complexity index is 389. The summed E-state index contributed by atoms with van der Waals surface area (Å²) < 4.78 is 41.4. The highest BCUT2D eigenvalue weighted by atomic mass is 19.4. The lowest BCUT2D eigenvalue weighted by Gasteiger charge is -2.10. The molecule has 0 aliphatic rings. The molecular formula is C8H6F3NO3. The molecule has 82 valence electrons. The van der Waals surface area contributed by atoms with Gasteiger partial charge in [0.2, 0.25) is 5.88 Å². The first-order chi connectivity index (χ1) is 6.86. The van der Waals surface area contributed by atoms with Crippen LogP contribution in [-0.4, -0.2) is 23.2 Å². The number of hydrogen-bond donors (Lipinski definition) is 1. The van der Waals surface area contributed by atoms with Crippen molar-refractivity contribution in [2.45, 2.75) is 6.18 Å². The number of pyridine rings is 1. The van der Waals surface area contributed by atoms with Crippen molar-refractivity contribution in [3.63, 3.8) is 0 Å². The van der Waals surface area contributed by atoms with Crippen LogP contribution in [0.3, 0.4) is 0 Å². The van der Waals surface area contributed by atoms with Gasteiger partial charge in [-0.25, -0.2) is 9.78 Å². The fraction of sp³-hybridized carbons (Fsp3) is 0.250. The number of nitrogens with zero attached hydrogens (tertiary/aromatic N) is 1. The van der Waals surface area contributed by atoms with Crippen molar-refractivity contribution in [3.05, 3.63) is 23.4 Å². The molecule has 0 aliphatic carbocycles. The summed E-state index contributed by atoms with van der Waals surface area (Å²) in [5.74, 6) is -1.86. The number of carboxylic acids is 1. The van der Waals surface area contributed by atoms with Crippen LogP contribution in [0.5, 0.6) is 5.88 Å². The smallest absolute Gasteiger partial charge is 0.418 e. The van der Waals surface area contributed by atoms with Crippen LogP contribution in [0.15, 0.2) is 12.3 Å². The first kappa shape index (κ1) is 11.3. The SMILES string of the molecule is COc1cc(C(=O)O)c(C(F)(F)F)cn1. The average molecular weight is 221 g/mol. The lowest BCUT2D eigenvalue weighted by molar-refractivity contribution is -0.138. The van der Waals surface area contributed by atoms with Gasteiger partial charge in [0.05, 0.1) is 18.2 Å². The fourth-order valence-electron chi connectivity index (χ4n) is 0.951. The van der Waals surface area contributed by atoms with E-state index in [1.165, 1.54) is 7.11 Å². The number of aromatic nitrogens is 1. The van der Waals surface area contributed by atoms with Crippen LogP contribution in [-0.2, 0) is 6.18 Å². The summed E-state index contributed by atoms with van der Waals surface area (Å²) in [6.45, 7) is 0.